The molecule has 0 saturated heterocycles. The van der Waals surface area contributed by atoms with Gasteiger partial charge in [-0.15, -0.1) is 0 Å². The van der Waals surface area contributed by atoms with Crippen molar-refractivity contribution < 1.29 is 4.79 Å². The van der Waals surface area contributed by atoms with E-state index in [2.05, 4.69) is 15.6 Å². The van der Waals surface area contributed by atoms with Gasteiger partial charge in [-0.1, -0.05) is 45.4 Å². The first kappa shape index (κ1) is 20.6. The van der Waals surface area contributed by atoms with Gasteiger partial charge in [-0.25, -0.2) is 4.79 Å². The van der Waals surface area contributed by atoms with Crippen LogP contribution in [-0.2, 0) is 6.42 Å². The smallest absolute Gasteiger partial charge is 0.319 e. The van der Waals surface area contributed by atoms with E-state index in [1.54, 1.807) is 12.4 Å². The molecule has 1 aromatic heterocycles. The molecular weight excluding hydrogens is 286 g/mol. The average Bonchev–Trinajstić information content (AvgIpc) is 2.61. The molecule has 2 aromatic rings. The van der Waals surface area contributed by atoms with Gasteiger partial charge in [0.2, 0.25) is 0 Å². The number of aromatic nitrogens is 1. The van der Waals surface area contributed by atoms with Crippen molar-refractivity contribution in [2.24, 2.45) is 0 Å². The molecule has 126 valence electrons. The van der Waals surface area contributed by atoms with Crippen LogP contribution in [0.3, 0.4) is 0 Å². The minimum Gasteiger partial charge on any atom is -0.338 e. The molecule has 1 heterocycles. The minimum atomic E-state index is -0.182. The number of nitrogens with zero attached hydrogens (tertiary/aromatic N) is 1. The van der Waals surface area contributed by atoms with Gasteiger partial charge in [-0.3, -0.25) is 4.98 Å². The largest absolute Gasteiger partial charge is 0.338 e. The standard InChI is InChI=1S/C15H17N3O.2C2H6/c1-12-2-4-14(5-3-12)18-15(19)17-11-8-13-6-9-16-10-7-13;2*1-2/h2-7,9-10H,8,11H2,1H3,(H2,17,18,19);2*1-2H3. The number of hydrogen-bond donors (Lipinski definition) is 2. The Balaban J connectivity index is 0.00000112. The molecule has 4 nitrogen and oxygen atoms in total. The minimum absolute atomic E-state index is 0.182. The first-order valence-electron chi connectivity index (χ1n) is 8.24. The highest BCUT2D eigenvalue weighted by atomic mass is 16.2. The molecule has 23 heavy (non-hydrogen) atoms. The van der Waals surface area contributed by atoms with Crippen LogP contribution in [0.15, 0.2) is 48.8 Å². The quantitative estimate of drug-likeness (QED) is 0.851. The fourth-order valence-electron chi connectivity index (χ4n) is 1.68. The molecule has 2 amide bonds. The lowest BCUT2D eigenvalue weighted by molar-refractivity contribution is 0.252. The number of amides is 2. The van der Waals surface area contributed by atoms with Crippen molar-refractivity contribution >= 4 is 11.7 Å². The van der Waals surface area contributed by atoms with E-state index in [4.69, 9.17) is 0 Å². The lowest BCUT2D eigenvalue weighted by Crippen LogP contribution is -2.30. The third kappa shape index (κ3) is 9.30. The van der Waals surface area contributed by atoms with Crippen LogP contribution in [0.4, 0.5) is 10.5 Å². The number of hydrogen-bond acceptors (Lipinski definition) is 2. The van der Waals surface area contributed by atoms with Crippen molar-refractivity contribution in [3.05, 3.63) is 59.9 Å². The summed E-state index contributed by atoms with van der Waals surface area (Å²) in [4.78, 5) is 15.6. The number of nitrogens with one attached hydrogen (secondary N) is 2. The van der Waals surface area contributed by atoms with E-state index in [1.165, 1.54) is 5.56 Å². The summed E-state index contributed by atoms with van der Waals surface area (Å²) in [5.41, 5.74) is 3.13. The maximum atomic E-state index is 11.7. The van der Waals surface area contributed by atoms with Gasteiger partial charge in [-0.2, -0.15) is 0 Å². The highest BCUT2D eigenvalue weighted by Crippen LogP contribution is 2.08. The molecule has 0 saturated carbocycles. The second-order valence-electron chi connectivity index (χ2n) is 4.35. The average molecular weight is 315 g/mol. The van der Waals surface area contributed by atoms with E-state index < -0.39 is 0 Å². The zero-order valence-electron chi connectivity index (χ0n) is 14.9. The van der Waals surface area contributed by atoms with Crippen LogP contribution in [-0.4, -0.2) is 17.6 Å². The molecule has 1 aromatic carbocycles. The fourth-order valence-corrected chi connectivity index (χ4v) is 1.68. The number of anilines is 1. The predicted molar refractivity (Wildman–Crippen MR) is 98.8 cm³/mol. The second kappa shape index (κ2) is 13.3. The SMILES string of the molecule is CC.CC.Cc1ccc(NC(=O)NCCc2ccncc2)cc1. The van der Waals surface area contributed by atoms with Crippen LogP contribution >= 0.6 is 0 Å². The monoisotopic (exact) mass is 315 g/mol. The number of aryl methyl sites for hydroxylation is 1. The summed E-state index contributed by atoms with van der Waals surface area (Å²) in [5, 5.41) is 5.62. The van der Waals surface area contributed by atoms with Crippen molar-refractivity contribution in [3.63, 3.8) is 0 Å². The molecular formula is C19H29N3O. The third-order valence-corrected chi connectivity index (χ3v) is 2.76. The summed E-state index contributed by atoms with van der Waals surface area (Å²) < 4.78 is 0. The number of pyridine rings is 1. The van der Waals surface area contributed by atoms with Gasteiger partial charge in [0.15, 0.2) is 0 Å². The third-order valence-electron chi connectivity index (χ3n) is 2.76. The second-order valence-corrected chi connectivity index (χ2v) is 4.35. The summed E-state index contributed by atoms with van der Waals surface area (Å²) in [7, 11) is 0. The number of benzene rings is 1. The molecule has 0 spiro atoms. The van der Waals surface area contributed by atoms with Gasteiger partial charge >= 0.3 is 6.03 Å². The summed E-state index contributed by atoms with van der Waals surface area (Å²) in [6.45, 7) is 10.6. The Hall–Kier alpha value is -2.36. The highest BCUT2D eigenvalue weighted by molar-refractivity contribution is 5.89. The van der Waals surface area contributed by atoms with Gasteiger partial charge in [0.05, 0.1) is 0 Å². The zero-order valence-corrected chi connectivity index (χ0v) is 14.9. The Morgan fingerprint density at radius 2 is 1.52 bits per heavy atom. The molecule has 0 aliphatic rings. The Bertz CT molecular complexity index is 524. The van der Waals surface area contributed by atoms with Crippen molar-refractivity contribution in [2.75, 3.05) is 11.9 Å². The topological polar surface area (TPSA) is 54.0 Å². The Labute approximate surface area is 140 Å². The lowest BCUT2D eigenvalue weighted by atomic mass is 10.2. The summed E-state index contributed by atoms with van der Waals surface area (Å²) >= 11 is 0. The van der Waals surface area contributed by atoms with Crippen LogP contribution in [0.2, 0.25) is 0 Å². The maximum absolute atomic E-state index is 11.7. The van der Waals surface area contributed by atoms with Crippen LogP contribution in [0, 0.1) is 6.92 Å². The summed E-state index contributed by atoms with van der Waals surface area (Å²) in [6.07, 6.45) is 4.30. The first-order valence-corrected chi connectivity index (χ1v) is 8.24. The molecule has 0 aliphatic heterocycles. The normalized spacial score (nSPS) is 8.74. The number of carbonyl (C=O) groups excluding carboxylic acids is 1. The molecule has 4 heteroatoms. The van der Waals surface area contributed by atoms with Crippen LogP contribution in [0.25, 0.3) is 0 Å². The zero-order chi connectivity index (χ0) is 17.5. The number of carbonyl (C=O) groups is 1. The van der Waals surface area contributed by atoms with E-state index in [1.807, 2.05) is 71.0 Å². The van der Waals surface area contributed by atoms with Crippen LogP contribution < -0.4 is 10.6 Å². The summed E-state index contributed by atoms with van der Waals surface area (Å²) in [5.74, 6) is 0. The maximum Gasteiger partial charge on any atom is 0.319 e. The molecule has 0 bridgehead atoms. The van der Waals surface area contributed by atoms with Gasteiger partial charge < -0.3 is 10.6 Å². The van der Waals surface area contributed by atoms with Gasteiger partial charge in [0.25, 0.3) is 0 Å². The molecule has 0 unspecified atom stereocenters. The van der Waals surface area contributed by atoms with Crippen LogP contribution in [0.5, 0.6) is 0 Å². The molecule has 0 aliphatic carbocycles. The number of rotatable bonds is 4. The molecule has 0 fully saturated rings. The molecule has 0 atom stereocenters. The van der Waals surface area contributed by atoms with Crippen LogP contribution in [0.1, 0.15) is 38.8 Å². The molecule has 0 radical (unpaired) electrons. The van der Waals surface area contributed by atoms with Gasteiger partial charge in [-0.05, 0) is 43.2 Å². The van der Waals surface area contributed by atoms with Crippen molar-refractivity contribution in [3.8, 4) is 0 Å². The highest BCUT2D eigenvalue weighted by Gasteiger charge is 2.00. The van der Waals surface area contributed by atoms with Crippen molar-refractivity contribution in [1.29, 1.82) is 0 Å². The van der Waals surface area contributed by atoms with Gasteiger partial charge in [0.1, 0.15) is 0 Å². The Morgan fingerprint density at radius 3 is 2.09 bits per heavy atom. The van der Waals surface area contributed by atoms with E-state index in [0.717, 1.165) is 17.7 Å². The van der Waals surface area contributed by atoms with Gasteiger partial charge in [0, 0.05) is 24.6 Å². The van der Waals surface area contributed by atoms with E-state index in [-0.39, 0.29) is 6.03 Å². The van der Waals surface area contributed by atoms with E-state index in [9.17, 15) is 4.79 Å². The van der Waals surface area contributed by atoms with E-state index >= 15 is 0 Å². The predicted octanol–water partition coefficient (Wildman–Crippen LogP) is 4.81. The number of urea groups is 1. The van der Waals surface area contributed by atoms with Crippen molar-refractivity contribution in [2.45, 2.75) is 41.0 Å². The van der Waals surface area contributed by atoms with E-state index in [0.29, 0.717) is 6.54 Å². The Morgan fingerprint density at radius 1 is 0.957 bits per heavy atom. The first-order chi connectivity index (χ1) is 11.2. The van der Waals surface area contributed by atoms with Crippen molar-refractivity contribution in [1.82, 2.24) is 10.3 Å². The lowest BCUT2D eigenvalue weighted by Gasteiger charge is -2.07. The molecule has 2 rings (SSSR count). The Kier molecular flexibility index (Phi) is 11.9. The fraction of sp³-hybridized carbons (Fsp3) is 0.368. The molecule has 2 N–H and O–H groups in total. The summed E-state index contributed by atoms with van der Waals surface area (Å²) in [6, 6.07) is 11.4.